The van der Waals surface area contributed by atoms with E-state index in [1.807, 2.05) is 0 Å². The molecule has 0 aromatic rings. The van der Waals surface area contributed by atoms with E-state index in [0.717, 1.165) is 6.92 Å². The molecule has 0 unspecified atom stereocenters. The van der Waals surface area contributed by atoms with Crippen molar-refractivity contribution in [1.29, 1.82) is 0 Å². The first kappa shape index (κ1) is 8.00. The number of hydrogen-bond donors (Lipinski definition) is 0. The molecular formula is C2H3AgF3O2. The van der Waals surface area contributed by atoms with Gasteiger partial charge in [0.15, 0.2) is 0 Å². The van der Waals surface area contributed by atoms with Crippen molar-refractivity contribution >= 4 is 5.97 Å². The Labute approximate surface area is 49.8 Å². The van der Waals surface area contributed by atoms with Crippen LogP contribution >= 0.6 is 0 Å². The van der Waals surface area contributed by atoms with Crippen LogP contribution in [-0.2, 0) is 27.2 Å². The second-order valence-electron chi connectivity index (χ2n) is 0.822. The first-order valence-electron chi connectivity index (χ1n) is 1.37. The van der Waals surface area contributed by atoms with Gasteiger partial charge in [0.1, 0.15) is 0 Å². The predicted octanol–water partition coefficient (Wildman–Crippen LogP) is 1.27. The molecule has 0 aliphatic rings. The van der Waals surface area contributed by atoms with Gasteiger partial charge in [-0.25, -0.2) is 0 Å². The van der Waals surface area contributed by atoms with Gasteiger partial charge < -0.3 is 0 Å². The molecule has 0 spiro atoms. The summed E-state index contributed by atoms with van der Waals surface area (Å²) in [7, 11) is 0. The van der Waals surface area contributed by atoms with Gasteiger partial charge in [-0.1, -0.05) is 0 Å². The summed E-state index contributed by atoms with van der Waals surface area (Å²) in [5, 5.41) is 0. The minimum absolute atomic E-state index is 0.723. The van der Waals surface area contributed by atoms with E-state index in [9.17, 15) is 13.9 Å². The maximum atomic E-state index is 11.0. The Hall–Kier alpha value is 0.000260. The Morgan fingerprint density at radius 1 is 1.50 bits per heavy atom. The molecule has 0 amide bonds. The van der Waals surface area contributed by atoms with Crippen LogP contribution < -0.4 is 0 Å². The molecule has 8 heavy (non-hydrogen) atoms. The molecule has 0 atom stereocenters. The number of carbonyl (C=O) groups excluding carboxylic acids is 1. The molecule has 0 saturated carbocycles. The fourth-order valence-electron chi connectivity index (χ4n) is 0.0983. The van der Waals surface area contributed by atoms with Crippen LogP contribution in [0.4, 0.5) is 9.07 Å². The van der Waals surface area contributed by atoms with Crippen LogP contribution in [0.3, 0.4) is 0 Å². The Morgan fingerprint density at radius 2 is 1.88 bits per heavy atom. The molecule has 2 nitrogen and oxygen atoms in total. The molecule has 0 bridgehead atoms. The monoisotopic (exact) mass is 223 g/mol. The third-order valence-corrected chi connectivity index (χ3v) is 0.926. The maximum absolute atomic E-state index is 11.0. The molecular weight excluding hydrogens is 221 g/mol. The second-order valence-corrected chi connectivity index (χ2v) is 2.45. The standard InChI is InChI=1S/C2H4O2.Ag.3FH/c1-2(3)4;;;;/h1H3,(H,3,4);;3*1H/q;+4;;;/p-4. The van der Waals surface area contributed by atoms with Gasteiger partial charge in [-0.2, -0.15) is 0 Å². The van der Waals surface area contributed by atoms with Crippen molar-refractivity contribution < 1.29 is 36.3 Å². The van der Waals surface area contributed by atoms with Crippen LogP contribution in [0.15, 0.2) is 0 Å². The average molecular weight is 224 g/mol. The van der Waals surface area contributed by atoms with Crippen molar-refractivity contribution in [2.24, 2.45) is 0 Å². The first-order chi connectivity index (χ1) is 3.42. The molecule has 0 aliphatic heterocycles. The quantitative estimate of drug-likeness (QED) is 0.627. The van der Waals surface area contributed by atoms with E-state index < -0.39 is 25.1 Å². The summed E-state index contributed by atoms with van der Waals surface area (Å²) in [5.41, 5.74) is 0. The van der Waals surface area contributed by atoms with E-state index in [4.69, 9.17) is 0 Å². The SMILES string of the molecule is CC(=O)[O][Ag]([F])([F])[F]. The molecule has 6 heteroatoms. The van der Waals surface area contributed by atoms with Gasteiger partial charge in [0.2, 0.25) is 0 Å². The summed E-state index contributed by atoms with van der Waals surface area (Å²) in [6.45, 7) is 0.723. The molecule has 0 N–H and O–H groups in total. The Balaban J connectivity index is 3.55. The fraction of sp³-hybridized carbons (Fsp3) is 0.500. The van der Waals surface area contributed by atoms with Gasteiger partial charge in [0.25, 0.3) is 0 Å². The minimum atomic E-state index is -6.08. The van der Waals surface area contributed by atoms with Crippen LogP contribution in [0.1, 0.15) is 6.92 Å². The van der Waals surface area contributed by atoms with Crippen molar-refractivity contribution in [3.8, 4) is 0 Å². The van der Waals surface area contributed by atoms with Crippen LogP contribution in [0.25, 0.3) is 0 Å². The van der Waals surface area contributed by atoms with Crippen LogP contribution in [0.2, 0.25) is 0 Å². The van der Waals surface area contributed by atoms with E-state index in [-0.39, 0.29) is 0 Å². The van der Waals surface area contributed by atoms with Crippen LogP contribution in [0, 0.1) is 0 Å². The molecule has 0 fully saturated rings. The first-order valence-corrected chi connectivity index (χ1v) is 3.66. The molecule has 0 rings (SSSR count). The zero-order chi connectivity index (χ0) is 6.78. The normalized spacial score (nSPS) is 13.0. The zero-order valence-electron chi connectivity index (χ0n) is 3.75. The van der Waals surface area contributed by atoms with Gasteiger partial charge in [0.05, 0.1) is 0 Å². The van der Waals surface area contributed by atoms with Gasteiger partial charge in [-0.15, -0.1) is 0 Å². The van der Waals surface area contributed by atoms with Gasteiger partial charge >= 0.3 is 49.2 Å². The summed E-state index contributed by atoms with van der Waals surface area (Å²) in [4.78, 5) is 9.55. The van der Waals surface area contributed by atoms with E-state index in [1.165, 1.54) is 0 Å². The summed E-state index contributed by atoms with van der Waals surface area (Å²) in [6, 6.07) is 0. The second kappa shape index (κ2) is 2.52. The summed E-state index contributed by atoms with van der Waals surface area (Å²) < 4.78 is 35.9. The van der Waals surface area contributed by atoms with Gasteiger partial charge in [-0.3, -0.25) is 0 Å². The summed E-state index contributed by atoms with van der Waals surface area (Å²) in [6.07, 6.45) is 0. The molecule has 0 aromatic heterocycles. The molecule has 0 aliphatic carbocycles. The molecule has 0 radical (unpaired) electrons. The molecule has 55 valence electrons. The Bertz CT molecular complexity index is 97.9. The number of hydrogen-bond acceptors (Lipinski definition) is 2. The third-order valence-electron chi connectivity index (χ3n) is 0.156. The van der Waals surface area contributed by atoms with Crippen LogP contribution in [0.5, 0.6) is 0 Å². The van der Waals surface area contributed by atoms with Crippen molar-refractivity contribution in [3.05, 3.63) is 0 Å². The van der Waals surface area contributed by atoms with Gasteiger partial charge in [0, 0.05) is 0 Å². The predicted molar refractivity (Wildman–Crippen MR) is 15.1 cm³/mol. The van der Waals surface area contributed by atoms with Crippen molar-refractivity contribution in [1.82, 2.24) is 0 Å². The Morgan fingerprint density at radius 3 is 1.88 bits per heavy atom. The summed E-state index contributed by atoms with van der Waals surface area (Å²) >= 11 is -6.08. The van der Waals surface area contributed by atoms with Crippen LogP contribution in [-0.4, -0.2) is 5.97 Å². The number of rotatable bonds is 1. The zero-order valence-corrected chi connectivity index (χ0v) is 5.23. The van der Waals surface area contributed by atoms with Crippen molar-refractivity contribution in [2.75, 3.05) is 0 Å². The molecule has 0 aromatic carbocycles. The van der Waals surface area contributed by atoms with Crippen molar-refractivity contribution in [3.63, 3.8) is 0 Å². The van der Waals surface area contributed by atoms with E-state index in [1.54, 1.807) is 0 Å². The van der Waals surface area contributed by atoms with E-state index in [0.29, 0.717) is 0 Å². The third kappa shape index (κ3) is 6.00. The number of carbonyl (C=O) groups is 1. The topological polar surface area (TPSA) is 26.3 Å². The average Bonchev–Trinajstić information content (AvgIpc) is 1.21. The van der Waals surface area contributed by atoms with Crippen molar-refractivity contribution in [2.45, 2.75) is 6.92 Å². The molecule has 0 heterocycles. The number of halogens is 3. The van der Waals surface area contributed by atoms with Gasteiger partial charge in [-0.05, 0) is 0 Å². The fourth-order valence-corrected chi connectivity index (χ4v) is 0.581. The van der Waals surface area contributed by atoms with E-state index in [2.05, 4.69) is 3.24 Å². The summed E-state index contributed by atoms with van der Waals surface area (Å²) in [5.74, 6) is -1.29. The van der Waals surface area contributed by atoms with E-state index >= 15 is 0 Å². The molecule has 0 saturated heterocycles. The Kier molecular flexibility index (Phi) is 2.52.